The smallest absolute Gasteiger partial charge is 0.242 e. The highest BCUT2D eigenvalue weighted by Crippen LogP contribution is 2.33. The lowest BCUT2D eigenvalue weighted by Gasteiger charge is -2.25. The van der Waals surface area contributed by atoms with Crippen LogP contribution >= 0.6 is 27.5 Å². The standard InChI is InChI=1S/C13H17BrClNO2/c1-9(2)18-11-6-4-5-10(3)13(11)16(8-14)12(17)7-15/h4-6,9H,7-8H2,1-3H3. The van der Waals surface area contributed by atoms with Gasteiger partial charge in [-0.3, -0.25) is 9.69 Å². The van der Waals surface area contributed by atoms with E-state index in [1.807, 2.05) is 39.0 Å². The van der Waals surface area contributed by atoms with E-state index in [0.717, 1.165) is 11.3 Å². The molecule has 0 aliphatic rings. The minimum absolute atomic E-state index is 0.0498. The number of aryl methyl sites for hydroxylation is 1. The molecule has 0 N–H and O–H groups in total. The van der Waals surface area contributed by atoms with Crippen LogP contribution in [0.3, 0.4) is 0 Å². The fraction of sp³-hybridized carbons (Fsp3) is 0.462. The summed E-state index contributed by atoms with van der Waals surface area (Å²) in [7, 11) is 0. The van der Waals surface area contributed by atoms with E-state index in [2.05, 4.69) is 15.9 Å². The van der Waals surface area contributed by atoms with Gasteiger partial charge in [0.2, 0.25) is 5.91 Å². The zero-order chi connectivity index (χ0) is 13.7. The van der Waals surface area contributed by atoms with Crippen molar-refractivity contribution in [2.45, 2.75) is 26.9 Å². The molecule has 0 aromatic heterocycles. The van der Waals surface area contributed by atoms with Crippen LogP contribution < -0.4 is 9.64 Å². The molecule has 0 radical (unpaired) electrons. The molecule has 1 aromatic carbocycles. The quantitative estimate of drug-likeness (QED) is 0.607. The highest BCUT2D eigenvalue weighted by molar-refractivity contribution is 9.09. The number of nitrogens with zero attached hydrogens (tertiary/aromatic N) is 1. The number of halogens is 2. The summed E-state index contributed by atoms with van der Waals surface area (Å²) in [5.74, 6) is 0.487. The molecule has 0 heterocycles. The fourth-order valence-electron chi connectivity index (χ4n) is 1.65. The highest BCUT2D eigenvalue weighted by atomic mass is 79.9. The molecule has 0 aliphatic heterocycles. The number of alkyl halides is 2. The second-order valence-electron chi connectivity index (χ2n) is 4.16. The van der Waals surface area contributed by atoms with Crippen LogP contribution in [0.25, 0.3) is 0 Å². The van der Waals surface area contributed by atoms with E-state index in [1.165, 1.54) is 0 Å². The van der Waals surface area contributed by atoms with Gasteiger partial charge in [0.25, 0.3) is 0 Å². The molecule has 1 rings (SSSR count). The van der Waals surface area contributed by atoms with Crippen molar-refractivity contribution in [1.29, 1.82) is 0 Å². The first-order valence-electron chi connectivity index (χ1n) is 5.69. The first-order valence-corrected chi connectivity index (χ1v) is 7.35. The maximum Gasteiger partial charge on any atom is 0.242 e. The summed E-state index contributed by atoms with van der Waals surface area (Å²) in [4.78, 5) is 13.4. The van der Waals surface area contributed by atoms with Gasteiger partial charge >= 0.3 is 0 Å². The van der Waals surface area contributed by atoms with Crippen molar-refractivity contribution in [2.75, 3.05) is 16.2 Å². The minimum atomic E-state index is -0.156. The molecule has 100 valence electrons. The second kappa shape index (κ2) is 7.00. The normalized spacial score (nSPS) is 10.6. The Balaban J connectivity index is 3.22. The molecule has 0 fully saturated rings. The zero-order valence-electron chi connectivity index (χ0n) is 10.7. The second-order valence-corrected chi connectivity index (χ2v) is 4.93. The molecule has 0 atom stereocenters. The molecule has 3 nitrogen and oxygen atoms in total. The average molecular weight is 335 g/mol. The van der Waals surface area contributed by atoms with Crippen molar-refractivity contribution >= 4 is 39.1 Å². The van der Waals surface area contributed by atoms with Gasteiger partial charge in [-0.05, 0) is 32.4 Å². The Hall–Kier alpha value is -0.740. The third kappa shape index (κ3) is 3.62. The van der Waals surface area contributed by atoms with Gasteiger partial charge < -0.3 is 4.74 Å². The van der Waals surface area contributed by atoms with Crippen LogP contribution in [0.4, 0.5) is 5.69 Å². The summed E-state index contributed by atoms with van der Waals surface area (Å²) in [5.41, 5.74) is 2.14. The number of carbonyl (C=O) groups is 1. The number of benzene rings is 1. The van der Waals surface area contributed by atoms with Gasteiger partial charge in [0.15, 0.2) is 0 Å². The Morgan fingerprint density at radius 2 is 2.17 bits per heavy atom. The molecule has 0 spiro atoms. The van der Waals surface area contributed by atoms with Crippen molar-refractivity contribution in [3.63, 3.8) is 0 Å². The van der Waals surface area contributed by atoms with Gasteiger partial charge in [0, 0.05) is 0 Å². The third-order valence-electron chi connectivity index (χ3n) is 2.37. The monoisotopic (exact) mass is 333 g/mol. The summed E-state index contributed by atoms with van der Waals surface area (Å²) < 4.78 is 5.75. The Bertz CT molecular complexity index is 423. The Labute approximate surface area is 121 Å². The number of hydrogen-bond donors (Lipinski definition) is 0. The van der Waals surface area contributed by atoms with Crippen molar-refractivity contribution < 1.29 is 9.53 Å². The van der Waals surface area contributed by atoms with Gasteiger partial charge in [-0.15, -0.1) is 11.6 Å². The minimum Gasteiger partial charge on any atom is -0.489 e. The van der Waals surface area contributed by atoms with Crippen LogP contribution in [0.15, 0.2) is 18.2 Å². The lowest BCUT2D eigenvalue weighted by molar-refractivity contribution is -0.116. The predicted octanol–water partition coefficient (Wildman–Crippen LogP) is 3.71. The summed E-state index contributed by atoms with van der Waals surface area (Å²) in [6.45, 7) is 5.85. The number of amides is 1. The van der Waals surface area contributed by atoms with Crippen LogP contribution in [-0.2, 0) is 4.79 Å². The van der Waals surface area contributed by atoms with Crippen LogP contribution in [-0.4, -0.2) is 23.3 Å². The van der Waals surface area contributed by atoms with E-state index in [4.69, 9.17) is 16.3 Å². The fourth-order valence-corrected chi connectivity index (χ4v) is 2.32. The van der Waals surface area contributed by atoms with Crippen molar-refractivity contribution in [3.8, 4) is 5.75 Å². The molecule has 0 unspecified atom stereocenters. The zero-order valence-corrected chi connectivity index (χ0v) is 13.1. The van der Waals surface area contributed by atoms with E-state index in [1.54, 1.807) is 4.90 Å². The summed E-state index contributed by atoms with van der Waals surface area (Å²) in [5, 5.41) is 0. The number of carbonyl (C=O) groups excluding carboxylic acids is 1. The SMILES string of the molecule is Cc1cccc(OC(C)C)c1N(CBr)C(=O)CCl. The van der Waals surface area contributed by atoms with Crippen molar-refractivity contribution in [3.05, 3.63) is 23.8 Å². The Morgan fingerprint density at radius 3 is 2.67 bits per heavy atom. The Kier molecular flexibility index (Phi) is 5.96. The number of rotatable bonds is 5. The van der Waals surface area contributed by atoms with E-state index in [9.17, 15) is 4.79 Å². The molecule has 0 aliphatic carbocycles. The van der Waals surface area contributed by atoms with Crippen LogP contribution in [0.1, 0.15) is 19.4 Å². The van der Waals surface area contributed by atoms with Crippen molar-refractivity contribution in [2.24, 2.45) is 0 Å². The third-order valence-corrected chi connectivity index (χ3v) is 3.10. The number of para-hydroxylation sites is 1. The summed E-state index contributed by atoms with van der Waals surface area (Å²) in [6.07, 6.45) is 0.0498. The van der Waals surface area contributed by atoms with Crippen LogP contribution in [0.2, 0.25) is 0 Å². The van der Waals surface area contributed by atoms with Gasteiger partial charge in [0.05, 0.1) is 17.2 Å². The lowest BCUT2D eigenvalue weighted by Crippen LogP contribution is -2.31. The molecule has 0 saturated carbocycles. The first-order chi connectivity index (χ1) is 8.51. The highest BCUT2D eigenvalue weighted by Gasteiger charge is 2.20. The molecule has 5 heteroatoms. The molecule has 1 aromatic rings. The largest absolute Gasteiger partial charge is 0.489 e. The topological polar surface area (TPSA) is 29.5 Å². The van der Waals surface area contributed by atoms with E-state index in [-0.39, 0.29) is 17.9 Å². The maximum atomic E-state index is 11.8. The molecular formula is C13H17BrClNO2. The van der Waals surface area contributed by atoms with Crippen LogP contribution in [0, 0.1) is 6.92 Å². The van der Waals surface area contributed by atoms with E-state index < -0.39 is 0 Å². The van der Waals surface area contributed by atoms with Gasteiger partial charge in [-0.25, -0.2) is 0 Å². The van der Waals surface area contributed by atoms with Crippen molar-refractivity contribution in [1.82, 2.24) is 0 Å². The molecule has 1 amide bonds. The maximum absolute atomic E-state index is 11.8. The Morgan fingerprint density at radius 1 is 1.50 bits per heavy atom. The lowest BCUT2D eigenvalue weighted by atomic mass is 10.1. The first kappa shape index (κ1) is 15.3. The van der Waals surface area contributed by atoms with E-state index in [0.29, 0.717) is 11.2 Å². The van der Waals surface area contributed by atoms with Crippen LogP contribution in [0.5, 0.6) is 5.75 Å². The van der Waals surface area contributed by atoms with Gasteiger partial charge in [0.1, 0.15) is 11.6 Å². The van der Waals surface area contributed by atoms with E-state index >= 15 is 0 Å². The number of anilines is 1. The molecule has 18 heavy (non-hydrogen) atoms. The average Bonchev–Trinajstić information content (AvgIpc) is 2.32. The van der Waals surface area contributed by atoms with Gasteiger partial charge in [-0.2, -0.15) is 0 Å². The number of hydrogen-bond acceptors (Lipinski definition) is 2. The summed E-state index contributed by atoms with van der Waals surface area (Å²) in [6, 6.07) is 5.72. The molecule has 0 bridgehead atoms. The molecule has 0 saturated heterocycles. The predicted molar refractivity (Wildman–Crippen MR) is 78.9 cm³/mol. The van der Waals surface area contributed by atoms with Gasteiger partial charge in [-0.1, -0.05) is 28.1 Å². The summed E-state index contributed by atoms with van der Waals surface area (Å²) >= 11 is 8.95. The number of ether oxygens (including phenoxy) is 1. The molecular weight excluding hydrogens is 318 g/mol.